The van der Waals surface area contributed by atoms with Crippen molar-refractivity contribution < 1.29 is 4.79 Å². The van der Waals surface area contributed by atoms with Gasteiger partial charge in [-0.05, 0) is 12.1 Å². The lowest BCUT2D eigenvalue weighted by Gasteiger charge is -2.17. The van der Waals surface area contributed by atoms with Gasteiger partial charge in [0, 0.05) is 18.9 Å². The fraction of sp³-hybridized carbons (Fsp3) is 0.214. The van der Waals surface area contributed by atoms with E-state index in [1.807, 2.05) is 0 Å². The lowest BCUT2D eigenvalue weighted by molar-refractivity contribution is -0.117. The minimum atomic E-state index is -0.412. The highest BCUT2D eigenvalue weighted by molar-refractivity contribution is 6.04. The number of nitrogens with zero attached hydrogens (tertiary/aromatic N) is 1. The summed E-state index contributed by atoms with van der Waals surface area (Å²) in [7, 11) is 0. The molecule has 20 heavy (non-hydrogen) atoms. The molecule has 1 aromatic heterocycles. The topological polar surface area (TPSA) is 86.0 Å². The first-order chi connectivity index (χ1) is 9.61. The molecule has 0 saturated carbocycles. The van der Waals surface area contributed by atoms with E-state index in [9.17, 15) is 14.4 Å². The predicted octanol–water partition coefficient (Wildman–Crippen LogP) is 0.755. The molecule has 1 saturated heterocycles. The summed E-state index contributed by atoms with van der Waals surface area (Å²) < 4.78 is 0. The summed E-state index contributed by atoms with van der Waals surface area (Å²) in [5, 5.41) is 5.10. The maximum Gasteiger partial charge on any atom is 0.272 e. The number of carbonyl (C=O) groups is 1. The van der Waals surface area contributed by atoms with Crippen LogP contribution in [0, 0.1) is 5.92 Å². The molecule has 0 aliphatic carbocycles. The van der Waals surface area contributed by atoms with Gasteiger partial charge in [-0.25, -0.2) is 0 Å². The molecule has 1 amide bonds. The van der Waals surface area contributed by atoms with Crippen molar-refractivity contribution in [2.75, 3.05) is 11.4 Å². The maximum atomic E-state index is 12.1. The molecule has 0 bridgehead atoms. The molecular weight excluding hydrogens is 258 g/mol. The number of hydrogen-bond acceptors (Lipinski definition) is 3. The van der Waals surface area contributed by atoms with E-state index >= 15 is 0 Å². The number of benzene rings is 1. The number of aromatic nitrogens is 2. The molecule has 0 spiro atoms. The van der Waals surface area contributed by atoms with Gasteiger partial charge >= 0.3 is 0 Å². The van der Waals surface area contributed by atoms with Gasteiger partial charge in [0.15, 0.2) is 0 Å². The second-order valence-corrected chi connectivity index (χ2v) is 4.81. The Balaban J connectivity index is 2.25. The second kappa shape index (κ2) is 4.48. The third-order valence-corrected chi connectivity index (χ3v) is 3.58. The number of rotatable bonds is 2. The van der Waals surface area contributed by atoms with Gasteiger partial charge in [0.25, 0.3) is 11.1 Å². The van der Waals surface area contributed by atoms with Crippen LogP contribution in [0.3, 0.4) is 0 Å². The molecule has 2 N–H and O–H groups in total. The SMILES string of the molecule is C=CC1CC(=O)N(c2cccc3c(=O)[nH][nH]c(=O)c23)C1. The number of fused-ring (bicyclic) bond motifs is 1. The average Bonchev–Trinajstić information content (AvgIpc) is 2.83. The van der Waals surface area contributed by atoms with Crippen LogP contribution >= 0.6 is 0 Å². The normalized spacial score (nSPS) is 18.7. The largest absolute Gasteiger partial charge is 0.311 e. The highest BCUT2D eigenvalue weighted by atomic mass is 16.2. The number of anilines is 1. The summed E-state index contributed by atoms with van der Waals surface area (Å²) in [5.74, 6) is 0.000848. The van der Waals surface area contributed by atoms with E-state index in [1.165, 1.54) is 0 Å². The minimum absolute atomic E-state index is 0.0675. The van der Waals surface area contributed by atoms with Gasteiger partial charge in [-0.1, -0.05) is 12.1 Å². The Morgan fingerprint density at radius 2 is 1.95 bits per heavy atom. The molecule has 1 aliphatic rings. The summed E-state index contributed by atoms with van der Waals surface area (Å²) in [6, 6.07) is 4.92. The van der Waals surface area contributed by atoms with E-state index in [2.05, 4.69) is 16.8 Å². The molecule has 2 heterocycles. The number of H-pyrrole nitrogens is 2. The fourth-order valence-electron chi connectivity index (χ4n) is 2.56. The van der Waals surface area contributed by atoms with Crippen LogP contribution in [0.2, 0.25) is 0 Å². The van der Waals surface area contributed by atoms with E-state index in [4.69, 9.17) is 0 Å². The van der Waals surface area contributed by atoms with E-state index in [-0.39, 0.29) is 28.2 Å². The van der Waals surface area contributed by atoms with Gasteiger partial charge in [0.05, 0.1) is 16.5 Å². The molecule has 0 radical (unpaired) electrons. The predicted molar refractivity (Wildman–Crippen MR) is 75.8 cm³/mol. The first-order valence-corrected chi connectivity index (χ1v) is 6.28. The van der Waals surface area contributed by atoms with Gasteiger partial charge in [-0.2, -0.15) is 0 Å². The van der Waals surface area contributed by atoms with Crippen LogP contribution in [0.4, 0.5) is 5.69 Å². The van der Waals surface area contributed by atoms with Crippen molar-refractivity contribution in [1.29, 1.82) is 0 Å². The molecule has 1 fully saturated rings. The molecule has 102 valence electrons. The van der Waals surface area contributed by atoms with Crippen LogP contribution in [-0.4, -0.2) is 22.6 Å². The average molecular weight is 271 g/mol. The van der Waals surface area contributed by atoms with E-state index in [1.54, 1.807) is 29.2 Å². The van der Waals surface area contributed by atoms with Crippen LogP contribution in [0.15, 0.2) is 40.4 Å². The zero-order chi connectivity index (χ0) is 14.3. The Morgan fingerprint density at radius 1 is 1.20 bits per heavy atom. The molecule has 1 unspecified atom stereocenters. The number of aromatic amines is 2. The van der Waals surface area contributed by atoms with Crippen molar-refractivity contribution in [2.24, 2.45) is 5.92 Å². The first kappa shape index (κ1) is 12.4. The number of amides is 1. The summed E-state index contributed by atoms with van der Waals surface area (Å²) in [4.78, 5) is 37.3. The number of hydrogen-bond donors (Lipinski definition) is 2. The third kappa shape index (κ3) is 1.77. The lowest BCUT2D eigenvalue weighted by Crippen LogP contribution is -2.28. The van der Waals surface area contributed by atoms with Gasteiger partial charge in [0.2, 0.25) is 5.91 Å². The Labute approximate surface area is 113 Å². The minimum Gasteiger partial charge on any atom is -0.311 e. The lowest BCUT2D eigenvalue weighted by atomic mass is 10.1. The molecule has 6 nitrogen and oxygen atoms in total. The van der Waals surface area contributed by atoms with E-state index in [0.29, 0.717) is 18.7 Å². The van der Waals surface area contributed by atoms with Crippen molar-refractivity contribution >= 4 is 22.4 Å². The zero-order valence-corrected chi connectivity index (χ0v) is 10.7. The molecule has 1 atom stereocenters. The van der Waals surface area contributed by atoms with Crippen molar-refractivity contribution in [2.45, 2.75) is 6.42 Å². The summed E-state index contributed by atoms with van der Waals surface area (Å²) >= 11 is 0. The third-order valence-electron chi connectivity index (χ3n) is 3.58. The van der Waals surface area contributed by atoms with Crippen molar-refractivity contribution in [1.82, 2.24) is 10.2 Å². The van der Waals surface area contributed by atoms with Gasteiger partial charge in [-0.3, -0.25) is 24.6 Å². The van der Waals surface area contributed by atoms with Crippen LogP contribution in [0.5, 0.6) is 0 Å². The van der Waals surface area contributed by atoms with E-state index in [0.717, 1.165) is 0 Å². The molecule has 3 rings (SSSR count). The smallest absolute Gasteiger partial charge is 0.272 e. The summed E-state index contributed by atoms with van der Waals surface area (Å²) in [5.41, 5.74) is -0.317. The Hall–Kier alpha value is -2.63. The monoisotopic (exact) mass is 271 g/mol. The van der Waals surface area contributed by atoms with Crippen molar-refractivity contribution in [3.8, 4) is 0 Å². The summed E-state index contributed by atoms with van der Waals surface area (Å²) in [6.45, 7) is 4.18. The maximum absolute atomic E-state index is 12.1. The molecule has 1 aromatic carbocycles. The second-order valence-electron chi connectivity index (χ2n) is 4.81. The van der Waals surface area contributed by atoms with Crippen LogP contribution in [0.1, 0.15) is 6.42 Å². The van der Waals surface area contributed by atoms with Crippen LogP contribution in [0.25, 0.3) is 10.8 Å². The number of carbonyl (C=O) groups excluding carboxylic acids is 1. The van der Waals surface area contributed by atoms with Gasteiger partial charge in [0.1, 0.15) is 0 Å². The van der Waals surface area contributed by atoms with Gasteiger partial charge < -0.3 is 4.90 Å². The molecular formula is C14H13N3O3. The summed E-state index contributed by atoms with van der Waals surface area (Å²) in [6.07, 6.45) is 2.11. The van der Waals surface area contributed by atoms with Gasteiger partial charge in [-0.15, -0.1) is 6.58 Å². The molecule has 2 aromatic rings. The van der Waals surface area contributed by atoms with E-state index < -0.39 is 5.56 Å². The first-order valence-electron chi connectivity index (χ1n) is 6.28. The quantitative estimate of drug-likeness (QED) is 0.790. The highest BCUT2D eigenvalue weighted by Crippen LogP contribution is 2.29. The van der Waals surface area contributed by atoms with Crippen LogP contribution < -0.4 is 16.0 Å². The van der Waals surface area contributed by atoms with Crippen molar-refractivity contribution in [3.05, 3.63) is 51.6 Å². The number of nitrogens with one attached hydrogen (secondary N) is 2. The Morgan fingerprint density at radius 3 is 2.65 bits per heavy atom. The molecule has 1 aliphatic heterocycles. The molecule has 6 heteroatoms. The van der Waals surface area contributed by atoms with Crippen molar-refractivity contribution in [3.63, 3.8) is 0 Å². The zero-order valence-electron chi connectivity index (χ0n) is 10.7. The highest BCUT2D eigenvalue weighted by Gasteiger charge is 2.30. The Bertz CT molecular complexity index is 818. The Kier molecular flexibility index (Phi) is 2.78. The fourth-order valence-corrected chi connectivity index (χ4v) is 2.56. The van der Waals surface area contributed by atoms with Crippen LogP contribution in [-0.2, 0) is 4.79 Å². The standard InChI is InChI=1S/C14H13N3O3/c1-2-8-6-11(18)17(7-8)10-5-3-4-9-12(10)14(20)16-15-13(9)19/h2-5,8H,1,6-7H2,(H,15,19)(H,16,20).